The molecule has 2 aliphatic rings. The lowest BCUT2D eigenvalue weighted by Gasteiger charge is -2.31. The van der Waals surface area contributed by atoms with E-state index >= 15 is 0 Å². The molecule has 2 N–H and O–H groups in total. The molecule has 1 aromatic heterocycles. The molecule has 0 bridgehead atoms. The molecule has 27 heavy (non-hydrogen) atoms. The first kappa shape index (κ1) is 17.6. The van der Waals surface area contributed by atoms with Crippen molar-refractivity contribution < 1.29 is 9.59 Å². The Labute approximate surface area is 158 Å². The number of nitrogens with two attached hydrogens (primary N) is 1. The van der Waals surface area contributed by atoms with Crippen molar-refractivity contribution in [2.45, 2.75) is 38.5 Å². The van der Waals surface area contributed by atoms with E-state index in [0.29, 0.717) is 31.0 Å². The van der Waals surface area contributed by atoms with Crippen molar-refractivity contribution in [1.82, 2.24) is 9.97 Å². The highest BCUT2D eigenvalue weighted by molar-refractivity contribution is 5.98. The average molecular weight is 364 g/mol. The molecule has 0 spiro atoms. The molecule has 1 aromatic carbocycles. The van der Waals surface area contributed by atoms with Crippen molar-refractivity contribution in [3.8, 4) is 0 Å². The van der Waals surface area contributed by atoms with Crippen molar-refractivity contribution in [1.29, 1.82) is 0 Å². The van der Waals surface area contributed by atoms with Crippen LogP contribution in [0.25, 0.3) is 0 Å². The molecule has 1 amide bonds. The minimum Gasteiger partial charge on any atom is -0.369 e. The number of benzene rings is 1. The first-order valence-corrected chi connectivity index (χ1v) is 9.52. The zero-order valence-electron chi connectivity index (χ0n) is 15.5. The summed E-state index contributed by atoms with van der Waals surface area (Å²) in [7, 11) is 0. The number of aryl methyl sites for hydroxylation is 1. The van der Waals surface area contributed by atoms with Crippen molar-refractivity contribution in [3.05, 3.63) is 52.8 Å². The van der Waals surface area contributed by atoms with E-state index in [0.717, 1.165) is 25.0 Å². The molecule has 1 fully saturated rings. The number of piperidine rings is 1. The van der Waals surface area contributed by atoms with Gasteiger partial charge < -0.3 is 10.6 Å². The van der Waals surface area contributed by atoms with Crippen LogP contribution in [0.3, 0.4) is 0 Å². The third-order valence-corrected chi connectivity index (χ3v) is 5.84. The second-order valence-corrected chi connectivity index (χ2v) is 7.58. The van der Waals surface area contributed by atoms with Crippen LogP contribution < -0.4 is 10.6 Å². The Morgan fingerprint density at radius 1 is 1.19 bits per heavy atom. The number of hydrogen-bond acceptors (Lipinski definition) is 5. The summed E-state index contributed by atoms with van der Waals surface area (Å²) in [6, 6.07) is 8.24. The van der Waals surface area contributed by atoms with Gasteiger partial charge in [0.1, 0.15) is 0 Å². The number of rotatable bonds is 3. The minimum absolute atomic E-state index is 0.0640. The van der Waals surface area contributed by atoms with Gasteiger partial charge in [-0.2, -0.15) is 0 Å². The van der Waals surface area contributed by atoms with Gasteiger partial charge in [0, 0.05) is 31.6 Å². The van der Waals surface area contributed by atoms with Gasteiger partial charge in [0.05, 0.1) is 11.3 Å². The zero-order chi connectivity index (χ0) is 19.0. The van der Waals surface area contributed by atoms with Gasteiger partial charge in [0.2, 0.25) is 11.9 Å². The number of fused-ring (bicyclic) bond motifs is 1. The van der Waals surface area contributed by atoms with Crippen LogP contribution >= 0.6 is 0 Å². The van der Waals surface area contributed by atoms with Crippen molar-refractivity contribution in [2.24, 2.45) is 11.7 Å². The summed E-state index contributed by atoms with van der Waals surface area (Å²) >= 11 is 0. The molecule has 0 saturated carbocycles. The Kier molecular flexibility index (Phi) is 4.64. The van der Waals surface area contributed by atoms with Crippen LogP contribution in [0, 0.1) is 12.8 Å². The second-order valence-electron chi connectivity index (χ2n) is 7.58. The molecule has 1 aliphatic heterocycles. The fourth-order valence-corrected chi connectivity index (χ4v) is 4.22. The zero-order valence-corrected chi connectivity index (χ0v) is 15.5. The second kappa shape index (κ2) is 7.10. The smallest absolute Gasteiger partial charge is 0.225 e. The molecular weight excluding hydrogens is 340 g/mol. The van der Waals surface area contributed by atoms with E-state index in [9.17, 15) is 9.59 Å². The number of nitrogens with zero attached hydrogens (tertiary/aromatic N) is 3. The monoisotopic (exact) mass is 364 g/mol. The van der Waals surface area contributed by atoms with E-state index < -0.39 is 0 Å². The highest BCUT2D eigenvalue weighted by Gasteiger charge is 2.30. The number of primary amides is 1. The third-order valence-electron chi connectivity index (χ3n) is 5.84. The maximum atomic E-state index is 12.6. The lowest BCUT2D eigenvalue weighted by molar-refractivity contribution is -0.122. The van der Waals surface area contributed by atoms with Crippen LogP contribution in [0.1, 0.15) is 52.4 Å². The Morgan fingerprint density at radius 2 is 1.93 bits per heavy atom. The van der Waals surface area contributed by atoms with Gasteiger partial charge >= 0.3 is 0 Å². The first-order chi connectivity index (χ1) is 13.0. The number of anilines is 1. The maximum absolute atomic E-state index is 12.6. The topological polar surface area (TPSA) is 89.2 Å². The Morgan fingerprint density at radius 3 is 2.63 bits per heavy atom. The van der Waals surface area contributed by atoms with Crippen molar-refractivity contribution in [3.63, 3.8) is 0 Å². The fraction of sp³-hybridized carbons (Fsp3) is 0.429. The number of ketones is 1. The summed E-state index contributed by atoms with van der Waals surface area (Å²) in [5, 5.41) is 0. The van der Waals surface area contributed by atoms with Gasteiger partial charge in [-0.15, -0.1) is 0 Å². The van der Waals surface area contributed by atoms with E-state index in [1.807, 2.05) is 12.1 Å². The molecule has 140 valence electrons. The molecule has 1 saturated heterocycles. The van der Waals surface area contributed by atoms with Gasteiger partial charge in [0.15, 0.2) is 5.78 Å². The van der Waals surface area contributed by atoms with E-state index in [1.165, 1.54) is 11.1 Å². The minimum atomic E-state index is -0.229. The molecule has 2 heterocycles. The summed E-state index contributed by atoms with van der Waals surface area (Å²) in [6.45, 7) is 3.51. The first-order valence-electron chi connectivity index (χ1n) is 9.52. The molecule has 1 aliphatic carbocycles. The van der Waals surface area contributed by atoms with Crippen LogP contribution in [0.4, 0.5) is 5.95 Å². The predicted octanol–water partition coefficient (Wildman–Crippen LogP) is 2.40. The summed E-state index contributed by atoms with van der Waals surface area (Å²) in [6.07, 6.45) is 4.37. The normalized spacial score (nSPS) is 20.4. The van der Waals surface area contributed by atoms with Gasteiger partial charge in [-0.1, -0.05) is 24.3 Å². The number of carbonyl (C=O) groups excluding carboxylic acids is 2. The number of carbonyl (C=O) groups is 2. The maximum Gasteiger partial charge on any atom is 0.225 e. The van der Waals surface area contributed by atoms with E-state index in [4.69, 9.17) is 10.7 Å². The van der Waals surface area contributed by atoms with Crippen LogP contribution in [0.2, 0.25) is 0 Å². The van der Waals surface area contributed by atoms with Gasteiger partial charge in [-0.3, -0.25) is 9.59 Å². The van der Waals surface area contributed by atoms with E-state index in [1.54, 1.807) is 6.20 Å². The lowest BCUT2D eigenvalue weighted by Crippen LogP contribution is -2.39. The van der Waals surface area contributed by atoms with Crippen molar-refractivity contribution >= 4 is 17.6 Å². The molecule has 0 unspecified atom stereocenters. The summed E-state index contributed by atoms with van der Waals surface area (Å²) in [5.41, 5.74) is 9.33. The van der Waals surface area contributed by atoms with E-state index in [-0.39, 0.29) is 23.5 Å². The fourth-order valence-electron chi connectivity index (χ4n) is 4.22. The number of Topliss-reactive ketones (excluding diaryl/α,β-unsaturated/α-hetero) is 1. The van der Waals surface area contributed by atoms with Crippen molar-refractivity contribution in [2.75, 3.05) is 18.0 Å². The van der Waals surface area contributed by atoms with Gasteiger partial charge in [0.25, 0.3) is 0 Å². The Bertz CT molecular complexity index is 888. The Hall–Kier alpha value is -2.76. The van der Waals surface area contributed by atoms with Gasteiger partial charge in [-0.05, 0) is 43.2 Å². The number of aromatic nitrogens is 2. The Balaban J connectivity index is 1.57. The summed E-state index contributed by atoms with van der Waals surface area (Å²) in [4.78, 5) is 35.3. The van der Waals surface area contributed by atoms with Gasteiger partial charge in [-0.25, -0.2) is 9.97 Å². The molecule has 6 heteroatoms. The van der Waals surface area contributed by atoms with Crippen LogP contribution in [-0.2, 0) is 11.2 Å². The quantitative estimate of drug-likeness (QED) is 0.903. The van der Waals surface area contributed by atoms with Crippen LogP contribution in [0.5, 0.6) is 0 Å². The molecule has 1 atom stereocenters. The molecule has 2 aromatic rings. The predicted molar refractivity (Wildman–Crippen MR) is 103 cm³/mol. The number of hydrogen-bond donors (Lipinski definition) is 1. The summed E-state index contributed by atoms with van der Waals surface area (Å²) < 4.78 is 0. The van der Waals surface area contributed by atoms with E-state index in [2.05, 4.69) is 28.9 Å². The standard InChI is InChI=1S/C21H24N4O2/c1-13-4-2-3-5-16(13)15-10-18-17(19(26)11-15)12-23-21(24-18)25-8-6-14(7-9-25)20(22)27/h2-5,12,14-15H,6-11H2,1H3,(H2,22,27)/t15-/m1/s1. The number of amides is 1. The summed E-state index contributed by atoms with van der Waals surface area (Å²) in [5.74, 6) is 0.631. The van der Waals surface area contributed by atoms with Crippen LogP contribution in [-0.4, -0.2) is 34.7 Å². The highest BCUT2D eigenvalue weighted by atomic mass is 16.1. The van der Waals surface area contributed by atoms with Crippen LogP contribution in [0.15, 0.2) is 30.5 Å². The molecular formula is C21H24N4O2. The SMILES string of the molecule is Cc1ccccc1[C@H]1CC(=O)c2cnc(N3CCC(C(N)=O)CC3)nc2C1. The largest absolute Gasteiger partial charge is 0.369 e. The molecule has 4 rings (SSSR count). The molecule has 6 nitrogen and oxygen atoms in total. The third kappa shape index (κ3) is 3.44. The molecule has 0 radical (unpaired) electrons. The lowest BCUT2D eigenvalue weighted by atomic mass is 9.81. The highest BCUT2D eigenvalue weighted by Crippen LogP contribution is 2.34. The average Bonchev–Trinajstić information content (AvgIpc) is 2.68.